The topological polar surface area (TPSA) is 55.5 Å². The van der Waals surface area contributed by atoms with Crippen LogP contribution in [0.15, 0.2) is 34.9 Å². The van der Waals surface area contributed by atoms with Gasteiger partial charge in [0.2, 0.25) is 0 Å². The number of nitrogens with zero attached hydrogens (tertiary/aromatic N) is 1. The predicted octanol–water partition coefficient (Wildman–Crippen LogP) is 1.84. The van der Waals surface area contributed by atoms with Gasteiger partial charge in [-0.2, -0.15) is 0 Å². The monoisotopic (exact) mass is 205 g/mol. The average molecular weight is 205 g/mol. The van der Waals surface area contributed by atoms with Gasteiger partial charge >= 0.3 is 0 Å². The van der Waals surface area contributed by atoms with Gasteiger partial charge in [0, 0.05) is 6.07 Å². The first kappa shape index (κ1) is 9.73. The summed E-state index contributed by atoms with van der Waals surface area (Å²) in [6.45, 7) is -0.126. The summed E-state index contributed by atoms with van der Waals surface area (Å²) in [5.41, 5.74) is 1.34. The van der Waals surface area contributed by atoms with E-state index >= 15 is 0 Å². The Morgan fingerprint density at radius 1 is 1.40 bits per heavy atom. The molecule has 0 saturated heterocycles. The standard InChI is InChI=1S/C11H11NO3/c1-14-10-5-3-2-4-9(10)11-6-8(7-13)12-15-11/h2-6,13H,7H2,1H3. The fourth-order valence-electron chi connectivity index (χ4n) is 1.36. The maximum absolute atomic E-state index is 8.87. The summed E-state index contributed by atoms with van der Waals surface area (Å²) in [5.74, 6) is 1.31. The highest BCUT2D eigenvalue weighted by Gasteiger charge is 2.10. The van der Waals surface area contributed by atoms with Gasteiger partial charge in [-0.3, -0.25) is 0 Å². The lowest BCUT2D eigenvalue weighted by Gasteiger charge is -2.03. The van der Waals surface area contributed by atoms with Gasteiger partial charge in [0.15, 0.2) is 5.76 Å². The number of ether oxygens (including phenoxy) is 1. The Morgan fingerprint density at radius 3 is 2.87 bits per heavy atom. The molecule has 0 amide bonds. The van der Waals surface area contributed by atoms with Gasteiger partial charge in [0.05, 0.1) is 19.3 Å². The number of methoxy groups -OCH3 is 1. The van der Waals surface area contributed by atoms with Crippen LogP contribution in [0.2, 0.25) is 0 Å². The van der Waals surface area contributed by atoms with Gasteiger partial charge in [-0.15, -0.1) is 0 Å². The fraction of sp³-hybridized carbons (Fsp3) is 0.182. The molecule has 78 valence electrons. The van der Waals surface area contributed by atoms with E-state index in [1.54, 1.807) is 13.2 Å². The fourth-order valence-corrected chi connectivity index (χ4v) is 1.36. The van der Waals surface area contributed by atoms with Crippen molar-refractivity contribution in [3.05, 3.63) is 36.0 Å². The van der Waals surface area contributed by atoms with Gasteiger partial charge in [-0.1, -0.05) is 17.3 Å². The third kappa shape index (κ3) is 1.85. The molecule has 0 unspecified atom stereocenters. The average Bonchev–Trinajstić information content (AvgIpc) is 2.77. The van der Waals surface area contributed by atoms with E-state index in [1.165, 1.54) is 0 Å². The summed E-state index contributed by atoms with van der Waals surface area (Å²) in [6, 6.07) is 9.18. The van der Waals surface area contributed by atoms with E-state index in [0.717, 1.165) is 11.3 Å². The second-order valence-electron chi connectivity index (χ2n) is 3.04. The molecule has 0 aliphatic carbocycles. The Morgan fingerprint density at radius 2 is 2.20 bits per heavy atom. The highest BCUT2D eigenvalue weighted by Crippen LogP contribution is 2.29. The van der Waals surface area contributed by atoms with E-state index in [9.17, 15) is 0 Å². The molecule has 15 heavy (non-hydrogen) atoms. The molecule has 2 rings (SSSR count). The molecule has 0 radical (unpaired) electrons. The summed E-state index contributed by atoms with van der Waals surface area (Å²) < 4.78 is 10.3. The minimum Gasteiger partial charge on any atom is -0.496 e. The molecule has 4 heteroatoms. The quantitative estimate of drug-likeness (QED) is 0.830. The maximum Gasteiger partial charge on any atom is 0.170 e. The van der Waals surface area contributed by atoms with Gasteiger partial charge in [-0.25, -0.2) is 0 Å². The van der Waals surface area contributed by atoms with E-state index in [4.69, 9.17) is 14.4 Å². The van der Waals surface area contributed by atoms with Crippen LogP contribution in [0.4, 0.5) is 0 Å². The van der Waals surface area contributed by atoms with Gasteiger partial charge in [-0.05, 0) is 12.1 Å². The lowest BCUT2D eigenvalue weighted by Crippen LogP contribution is -1.85. The zero-order valence-electron chi connectivity index (χ0n) is 8.30. The first-order chi connectivity index (χ1) is 7.35. The van der Waals surface area contributed by atoms with Crippen LogP contribution < -0.4 is 4.74 Å². The molecule has 0 atom stereocenters. The number of rotatable bonds is 3. The van der Waals surface area contributed by atoms with E-state index in [2.05, 4.69) is 5.16 Å². The molecule has 0 saturated carbocycles. The Labute approximate surface area is 87.1 Å². The van der Waals surface area contributed by atoms with E-state index in [-0.39, 0.29) is 6.61 Å². The van der Waals surface area contributed by atoms with Crippen molar-refractivity contribution < 1.29 is 14.4 Å². The molecule has 0 aliphatic heterocycles. The Bertz CT molecular complexity index is 451. The van der Waals surface area contributed by atoms with Gasteiger partial charge in [0.25, 0.3) is 0 Å². The second kappa shape index (κ2) is 4.14. The molecule has 0 fully saturated rings. The Hall–Kier alpha value is -1.81. The minimum absolute atomic E-state index is 0.126. The van der Waals surface area contributed by atoms with Crippen LogP contribution in [0.25, 0.3) is 11.3 Å². The molecular weight excluding hydrogens is 194 g/mol. The zero-order valence-corrected chi connectivity index (χ0v) is 8.30. The predicted molar refractivity (Wildman–Crippen MR) is 54.4 cm³/mol. The van der Waals surface area contributed by atoms with Crippen molar-refractivity contribution in [1.82, 2.24) is 5.16 Å². The number of aliphatic hydroxyl groups excluding tert-OH is 1. The normalized spacial score (nSPS) is 10.3. The molecule has 0 bridgehead atoms. The third-order valence-electron chi connectivity index (χ3n) is 2.09. The van der Waals surface area contributed by atoms with Crippen LogP contribution in [0.5, 0.6) is 5.75 Å². The van der Waals surface area contributed by atoms with Crippen molar-refractivity contribution >= 4 is 0 Å². The summed E-state index contributed by atoms with van der Waals surface area (Å²) in [5, 5.41) is 12.6. The van der Waals surface area contributed by atoms with Crippen LogP contribution in [-0.4, -0.2) is 17.4 Å². The zero-order chi connectivity index (χ0) is 10.7. The largest absolute Gasteiger partial charge is 0.496 e. The number of hydrogen-bond donors (Lipinski definition) is 1. The first-order valence-corrected chi connectivity index (χ1v) is 4.55. The van der Waals surface area contributed by atoms with E-state index < -0.39 is 0 Å². The number of benzene rings is 1. The minimum atomic E-state index is -0.126. The molecular formula is C11H11NO3. The second-order valence-corrected chi connectivity index (χ2v) is 3.04. The van der Waals surface area contributed by atoms with E-state index in [0.29, 0.717) is 11.5 Å². The molecule has 1 N–H and O–H groups in total. The lowest BCUT2D eigenvalue weighted by molar-refractivity contribution is 0.267. The number of hydrogen-bond acceptors (Lipinski definition) is 4. The molecule has 4 nitrogen and oxygen atoms in total. The van der Waals surface area contributed by atoms with Crippen molar-refractivity contribution in [2.45, 2.75) is 6.61 Å². The van der Waals surface area contributed by atoms with E-state index in [1.807, 2.05) is 24.3 Å². The van der Waals surface area contributed by atoms with Crippen molar-refractivity contribution in [3.8, 4) is 17.1 Å². The molecule has 1 aromatic carbocycles. The number of para-hydroxylation sites is 1. The van der Waals surface area contributed by atoms with Gasteiger partial charge < -0.3 is 14.4 Å². The summed E-state index contributed by atoms with van der Waals surface area (Å²) >= 11 is 0. The Balaban J connectivity index is 2.44. The first-order valence-electron chi connectivity index (χ1n) is 4.55. The van der Waals surface area contributed by atoms with Crippen LogP contribution in [-0.2, 0) is 6.61 Å². The molecule has 0 aliphatic rings. The van der Waals surface area contributed by atoms with Crippen LogP contribution in [0, 0.1) is 0 Å². The third-order valence-corrected chi connectivity index (χ3v) is 2.09. The van der Waals surface area contributed by atoms with Crippen LogP contribution in [0.1, 0.15) is 5.69 Å². The van der Waals surface area contributed by atoms with Crippen molar-refractivity contribution in [2.75, 3.05) is 7.11 Å². The number of aromatic nitrogens is 1. The maximum atomic E-state index is 8.87. The van der Waals surface area contributed by atoms with Crippen LogP contribution >= 0.6 is 0 Å². The Kier molecular flexibility index (Phi) is 2.69. The summed E-state index contributed by atoms with van der Waals surface area (Å²) in [6.07, 6.45) is 0. The van der Waals surface area contributed by atoms with Crippen molar-refractivity contribution in [1.29, 1.82) is 0 Å². The highest BCUT2D eigenvalue weighted by atomic mass is 16.5. The highest BCUT2D eigenvalue weighted by molar-refractivity contribution is 5.65. The smallest absolute Gasteiger partial charge is 0.170 e. The van der Waals surface area contributed by atoms with Crippen LogP contribution in [0.3, 0.4) is 0 Å². The summed E-state index contributed by atoms with van der Waals surface area (Å²) in [7, 11) is 1.60. The number of aliphatic hydroxyl groups is 1. The van der Waals surface area contributed by atoms with Gasteiger partial charge in [0.1, 0.15) is 11.4 Å². The molecule has 1 aromatic heterocycles. The van der Waals surface area contributed by atoms with Crippen molar-refractivity contribution in [2.24, 2.45) is 0 Å². The SMILES string of the molecule is COc1ccccc1-c1cc(CO)no1. The molecule has 2 aromatic rings. The molecule has 1 heterocycles. The van der Waals surface area contributed by atoms with Crippen molar-refractivity contribution in [3.63, 3.8) is 0 Å². The summed E-state index contributed by atoms with van der Waals surface area (Å²) in [4.78, 5) is 0. The molecule has 0 spiro atoms. The lowest BCUT2D eigenvalue weighted by atomic mass is 10.1.